The summed E-state index contributed by atoms with van der Waals surface area (Å²) < 4.78 is 25.1. The summed E-state index contributed by atoms with van der Waals surface area (Å²) in [4.78, 5) is 10.2. The highest BCUT2D eigenvalue weighted by atomic mass is 19.1. The number of hydrogen-bond acceptors (Lipinski definition) is 2. The molecule has 2 nitrogen and oxygen atoms in total. The average Bonchev–Trinajstić information content (AvgIpc) is 2.03. The number of nitriles is 1. The van der Waals surface area contributed by atoms with Crippen molar-refractivity contribution in [2.24, 2.45) is 0 Å². The smallest absolute Gasteiger partial charge is 0.154 e. The maximum atomic E-state index is 12.7. The van der Waals surface area contributed by atoms with Gasteiger partial charge in [0.25, 0.3) is 0 Å². The van der Waals surface area contributed by atoms with Gasteiger partial charge in [-0.2, -0.15) is 5.26 Å². The number of halogens is 2. The Morgan fingerprint density at radius 3 is 2.58 bits per heavy atom. The molecule has 0 aromatic heterocycles. The predicted molar refractivity (Wildman–Crippen MR) is 36.5 cm³/mol. The average molecular weight is 167 g/mol. The predicted octanol–water partition coefficient (Wildman–Crippen LogP) is 1.65. The Morgan fingerprint density at radius 1 is 1.42 bits per heavy atom. The zero-order valence-corrected chi connectivity index (χ0v) is 5.84. The van der Waals surface area contributed by atoms with Crippen LogP contribution in [0.4, 0.5) is 8.78 Å². The number of aldehydes is 1. The van der Waals surface area contributed by atoms with E-state index in [1.54, 1.807) is 0 Å². The monoisotopic (exact) mass is 167 g/mol. The largest absolute Gasteiger partial charge is 0.298 e. The molecule has 1 rings (SSSR count). The van der Waals surface area contributed by atoms with Gasteiger partial charge in [0.05, 0.1) is 11.1 Å². The summed E-state index contributed by atoms with van der Waals surface area (Å²) in [6.07, 6.45) is 0.188. The summed E-state index contributed by atoms with van der Waals surface area (Å²) in [7, 11) is 0. The molecule has 0 fully saturated rings. The minimum atomic E-state index is -1.01. The number of rotatable bonds is 1. The van der Waals surface area contributed by atoms with Gasteiger partial charge >= 0.3 is 0 Å². The van der Waals surface area contributed by atoms with Gasteiger partial charge in [-0.15, -0.1) is 0 Å². The second-order valence-electron chi connectivity index (χ2n) is 2.08. The Kier molecular flexibility index (Phi) is 2.15. The minimum Gasteiger partial charge on any atom is -0.298 e. The Labute approximate surface area is 67.0 Å². The molecule has 0 N–H and O–H groups in total. The summed E-state index contributed by atoms with van der Waals surface area (Å²) in [5.74, 6) is -1.88. The van der Waals surface area contributed by atoms with Crippen LogP contribution in [0.1, 0.15) is 15.9 Å². The minimum absolute atomic E-state index is 0.188. The molecule has 0 saturated heterocycles. The van der Waals surface area contributed by atoms with Gasteiger partial charge in [0.1, 0.15) is 17.7 Å². The number of nitrogens with zero attached hydrogens (tertiary/aromatic N) is 1. The van der Waals surface area contributed by atoms with E-state index in [1.165, 1.54) is 6.07 Å². The summed E-state index contributed by atoms with van der Waals surface area (Å²) in [5, 5.41) is 8.36. The van der Waals surface area contributed by atoms with E-state index >= 15 is 0 Å². The van der Waals surface area contributed by atoms with Crippen LogP contribution >= 0.6 is 0 Å². The molecule has 60 valence electrons. The lowest BCUT2D eigenvalue weighted by Gasteiger charge is -1.96. The first kappa shape index (κ1) is 8.34. The maximum absolute atomic E-state index is 12.7. The molecule has 0 aliphatic rings. The van der Waals surface area contributed by atoms with Crippen LogP contribution in [-0.2, 0) is 0 Å². The zero-order chi connectivity index (χ0) is 9.14. The Bertz CT molecular complexity index is 368. The quantitative estimate of drug-likeness (QED) is 0.596. The van der Waals surface area contributed by atoms with Crippen molar-refractivity contribution < 1.29 is 13.6 Å². The van der Waals surface area contributed by atoms with Crippen LogP contribution in [0, 0.1) is 23.0 Å². The van der Waals surface area contributed by atoms with Crippen molar-refractivity contribution in [3.8, 4) is 6.07 Å². The van der Waals surface area contributed by atoms with E-state index in [1.807, 2.05) is 0 Å². The van der Waals surface area contributed by atoms with Crippen molar-refractivity contribution >= 4 is 6.29 Å². The lowest BCUT2D eigenvalue weighted by molar-refractivity contribution is 0.111. The highest BCUT2D eigenvalue weighted by molar-refractivity contribution is 5.79. The van der Waals surface area contributed by atoms with Gasteiger partial charge in [0.15, 0.2) is 6.29 Å². The number of hydrogen-bond donors (Lipinski definition) is 0. The molecule has 4 heteroatoms. The van der Waals surface area contributed by atoms with Gasteiger partial charge in [-0.1, -0.05) is 0 Å². The fourth-order valence-electron chi connectivity index (χ4n) is 0.797. The van der Waals surface area contributed by atoms with Crippen molar-refractivity contribution in [3.05, 3.63) is 34.9 Å². The number of carbonyl (C=O) groups excluding carboxylic acids is 1. The van der Waals surface area contributed by atoms with Crippen LogP contribution in [-0.4, -0.2) is 6.29 Å². The fraction of sp³-hybridized carbons (Fsp3) is 0. The summed E-state index contributed by atoms with van der Waals surface area (Å²) >= 11 is 0. The van der Waals surface area contributed by atoms with Gasteiger partial charge in [0.2, 0.25) is 0 Å². The van der Waals surface area contributed by atoms with E-state index in [4.69, 9.17) is 5.26 Å². The van der Waals surface area contributed by atoms with E-state index < -0.39 is 17.2 Å². The van der Waals surface area contributed by atoms with Gasteiger partial charge in [-0.25, -0.2) is 8.78 Å². The first-order chi connectivity index (χ1) is 5.69. The SMILES string of the molecule is N#Cc1cc(F)cc(F)c1C=O. The van der Waals surface area contributed by atoms with Crippen LogP contribution in [0.15, 0.2) is 12.1 Å². The van der Waals surface area contributed by atoms with Crippen molar-refractivity contribution in [1.29, 1.82) is 5.26 Å². The molecule has 0 aliphatic carbocycles. The molecule has 0 radical (unpaired) electrons. The van der Waals surface area contributed by atoms with E-state index in [9.17, 15) is 13.6 Å². The fourth-order valence-corrected chi connectivity index (χ4v) is 0.797. The second-order valence-corrected chi connectivity index (χ2v) is 2.08. The lowest BCUT2D eigenvalue weighted by Crippen LogP contribution is -1.94. The molecular weight excluding hydrogens is 164 g/mol. The molecule has 0 aliphatic heterocycles. The standard InChI is InChI=1S/C8H3F2NO/c9-6-1-5(3-11)7(4-12)8(10)2-6/h1-2,4H. The molecular formula is C8H3F2NO. The van der Waals surface area contributed by atoms with Crippen LogP contribution < -0.4 is 0 Å². The number of carbonyl (C=O) groups is 1. The van der Waals surface area contributed by atoms with E-state index in [0.29, 0.717) is 6.07 Å². The lowest BCUT2D eigenvalue weighted by atomic mass is 10.1. The third kappa shape index (κ3) is 1.30. The molecule has 0 atom stereocenters. The molecule has 1 aromatic rings. The highest BCUT2D eigenvalue weighted by Crippen LogP contribution is 2.12. The first-order valence-corrected chi connectivity index (χ1v) is 3.03. The molecule has 0 unspecified atom stereocenters. The van der Waals surface area contributed by atoms with E-state index in [-0.39, 0.29) is 11.8 Å². The molecule has 0 amide bonds. The van der Waals surface area contributed by atoms with Gasteiger partial charge in [0, 0.05) is 6.07 Å². The molecule has 1 aromatic carbocycles. The third-order valence-electron chi connectivity index (χ3n) is 1.33. The summed E-state index contributed by atoms with van der Waals surface area (Å²) in [5.41, 5.74) is -0.693. The molecule has 0 bridgehead atoms. The van der Waals surface area contributed by atoms with Crippen molar-refractivity contribution in [2.75, 3.05) is 0 Å². The van der Waals surface area contributed by atoms with Crippen LogP contribution in [0.5, 0.6) is 0 Å². The van der Waals surface area contributed by atoms with E-state index in [2.05, 4.69) is 0 Å². The van der Waals surface area contributed by atoms with Crippen molar-refractivity contribution in [2.45, 2.75) is 0 Å². The van der Waals surface area contributed by atoms with Gasteiger partial charge in [-0.3, -0.25) is 4.79 Å². The van der Waals surface area contributed by atoms with E-state index in [0.717, 1.165) is 6.07 Å². The van der Waals surface area contributed by atoms with Crippen molar-refractivity contribution in [3.63, 3.8) is 0 Å². The summed E-state index contributed by atoms with van der Waals surface area (Å²) in [6.45, 7) is 0. The van der Waals surface area contributed by atoms with Crippen LogP contribution in [0.3, 0.4) is 0 Å². The highest BCUT2D eigenvalue weighted by Gasteiger charge is 2.09. The maximum Gasteiger partial charge on any atom is 0.154 e. The molecule has 0 saturated carbocycles. The number of benzene rings is 1. The third-order valence-corrected chi connectivity index (χ3v) is 1.33. The Balaban J connectivity index is 3.46. The molecule has 12 heavy (non-hydrogen) atoms. The molecule has 0 spiro atoms. The van der Waals surface area contributed by atoms with Gasteiger partial charge < -0.3 is 0 Å². The molecule has 0 heterocycles. The first-order valence-electron chi connectivity index (χ1n) is 3.03. The Hall–Kier alpha value is -1.76. The topological polar surface area (TPSA) is 40.9 Å². The Morgan fingerprint density at radius 2 is 2.08 bits per heavy atom. The van der Waals surface area contributed by atoms with Crippen molar-refractivity contribution in [1.82, 2.24) is 0 Å². The zero-order valence-electron chi connectivity index (χ0n) is 5.84. The van der Waals surface area contributed by atoms with Crippen LogP contribution in [0.25, 0.3) is 0 Å². The second kappa shape index (κ2) is 3.09. The summed E-state index contributed by atoms with van der Waals surface area (Å²) in [6, 6.07) is 2.89. The normalized spacial score (nSPS) is 9.08. The van der Waals surface area contributed by atoms with Gasteiger partial charge in [-0.05, 0) is 6.07 Å². The van der Waals surface area contributed by atoms with Crippen LogP contribution in [0.2, 0.25) is 0 Å².